The van der Waals surface area contributed by atoms with E-state index in [2.05, 4.69) is 25.6 Å². The summed E-state index contributed by atoms with van der Waals surface area (Å²) in [5.41, 5.74) is 0.259. The zero-order valence-corrected chi connectivity index (χ0v) is 13.4. The van der Waals surface area contributed by atoms with Gasteiger partial charge in [-0.2, -0.15) is 13.2 Å². The van der Waals surface area contributed by atoms with Crippen molar-refractivity contribution in [3.05, 3.63) is 42.1 Å². The van der Waals surface area contributed by atoms with Gasteiger partial charge in [0.1, 0.15) is 18.2 Å². The fourth-order valence-electron chi connectivity index (χ4n) is 2.56. The van der Waals surface area contributed by atoms with Gasteiger partial charge in [-0.05, 0) is 18.2 Å². The lowest BCUT2D eigenvalue weighted by atomic mass is 10.1. The Balaban J connectivity index is 1.65. The molecule has 1 fully saturated rings. The summed E-state index contributed by atoms with van der Waals surface area (Å²) in [7, 11) is 0. The molecule has 1 saturated heterocycles. The van der Waals surface area contributed by atoms with Gasteiger partial charge in [-0.1, -0.05) is 0 Å². The van der Waals surface area contributed by atoms with Crippen molar-refractivity contribution in [3.63, 3.8) is 0 Å². The third kappa shape index (κ3) is 4.31. The number of nitrogens with one attached hydrogen (secondary N) is 2. The first kappa shape index (κ1) is 18.2. The molecular formula is C16H15F4N5O. The number of carbonyl (C=O) groups excluding carboxylic acids is 1. The van der Waals surface area contributed by atoms with E-state index in [4.69, 9.17) is 0 Å². The van der Waals surface area contributed by atoms with Crippen molar-refractivity contribution < 1.29 is 22.4 Å². The van der Waals surface area contributed by atoms with Gasteiger partial charge >= 0.3 is 6.18 Å². The maximum atomic E-state index is 13.1. The average Bonchev–Trinajstić information content (AvgIpc) is 3.06. The number of alkyl halides is 4. The zero-order chi connectivity index (χ0) is 18.7. The van der Waals surface area contributed by atoms with Crippen LogP contribution in [0.1, 0.15) is 17.8 Å². The van der Waals surface area contributed by atoms with E-state index in [9.17, 15) is 22.4 Å². The Morgan fingerprint density at radius 3 is 2.69 bits per heavy atom. The van der Waals surface area contributed by atoms with Crippen molar-refractivity contribution >= 4 is 5.91 Å². The highest BCUT2D eigenvalue weighted by Gasteiger charge is 2.32. The zero-order valence-electron chi connectivity index (χ0n) is 13.4. The molecule has 6 nitrogen and oxygen atoms in total. The number of aromatic nitrogens is 3. The second kappa shape index (κ2) is 7.32. The summed E-state index contributed by atoms with van der Waals surface area (Å²) in [6.45, 7) is 0.244. The van der Waals surface area contributed by atoms with E-state index in [0.717, 1.165) is 12.3 Å². The number of hydrogen-bond donors (Lipinski definition) is 2. The largest absolute Gasteiger partial charge is 0.433 e. The quantitative estimate of drug-likeness (QED) is 0.805. The molecule has 26 heavy (non-hydrogen) atoms. The molecule has 3 rings (SSSR count). The van der Waals surface area contributed by atoms with Crippen molar-refractivity contribution in [2.45, 2.75) is 31.4 Å². The van der Waals surface area contributed by atoms with Gasteiger partial charge in [-0.3, -0.25) is 9.78 Å². The molecule has 0 aliphatic carbocycles. The first-order chi connectivity index (χ1) is 12.3. The van der Waals surface area contributed by atoms with Crippen LogP contribution < -0.4 is 10.6 Å². The monoisotopic (exact) mass is 369 g/mol. The number of amides is 1. The molecular weight excluding hydrogens is 354 g/mol. The molecule has 1 amide bonds. The second-order valence-electron chi connectivity index (χ2n) is 5.84. The van der Waals surface area contributed by atoms with Crippen LogP contribution in [0.3, 0.4) is 0 Å². The smallest absolute Gasteiger partial charge is 0.349 e. The SMILES string of the molecule is O=C(NCc1cc(-c2ccc(C(F)(F)F)nc2)ncn1)[C@H]1C[C@@H](F)CN1. The van der Waals surface area contributed by atoms with Gasteiger partial charge in [0.15, 0.2) is 0 Å². The average molecular weight is 369 g/mol. The predicted octanol–water partition coefficient (Wildman–Crippen LogP) is 1.87. The maximum absolute atomic E-state index is 13.1. The third-order valence-electron chi connectivity index (χ3n) is 3.91. The number of hydrogen-bond acceptors (Lipinski definition) is 5. The molecule has 0 aromatic carbocycles. The summed E-state index contributed by atoms with van der Waals surface area (Å²) >= 11 is 0. The Morgan fingerprint density at radius 2 is 2.08 bits per heavy atom. The molecule has 0 bridgehead atoms. The fraction of sp³-hybridized carbons (Fsp3) is 0.375. The lowest BCUT2D eigenvalue weighted by Gasteiger charge is -2.11. The molecule has 1 aliphatic rings. The van der Waals surface area contributed by atoms with Crippen LogP contribution in [-0.4, -0.2) is 39.6 Å². The molecule has 0 unspecified atom stereocenters. The molecule has 2 aromatic heterocycles. The van der Waals surface area contributed by atoms with E-state index < -0.39 is 24.1 Å². The van der Waals surface area contributed by atoms with Gasteiger partial charge in [-0.25, -0.2) is 14.4 Å². The van der Waals surface area contributed by atoms with E-state index in [1.807, 2.05) is 0 Å². The van der Waals surface area contributed by atoms with E-state index in [-0.39, 0.29) is 25.4 Å². The van der Waals surface area contributed by atoms with Crippen LogP contribution in [0.4, 0.5) is 17.6 Å². The van der Waals surface area contributed by atoms with Gasteiger partial charge in [0.25, 0.3) is 0 Å². The topological polar surface area (TPSA) is 79.8 Å². The van der Waals surface area contributed by atoms with Crippen LogP contribution >= 0.6 is 0 Å². The molecule has 0 saturated carbocycles. The maximum Gasteiger partial charge on any atom is 0.433 e. The number of nitrogens with zero attached hydrogens (tertiary/aromatic N) is 3. The predicted molar refractivity (Wildman–Crippen MR) is 83.4 cm³/mol. The highest BCUT2D eigenvalue weighted by atomic mass is 19.4. The van der Waals surface area contributed by atoms with Gasteiger partial charge in [0.2, 0.25) is 5.91 Å². The van der Waals surface area contributed by atoms with Crippen molar-refractivity contribution in [1.82, 2.24) is 25.6 Å². The molecule has 138 valence electrons. The van der Waals surface area contributed by atoms with Gasteiger partial charge in [0, 0.05) is 24.7 Å². The summed E-state index contributed by atoms with van der Waals surface area (Å²) in [6, 6.07) is 3.11. The van der Waals surface area contributed by atoms with E-state index >= 15 is 0 Å². The highest BCUT2D eigenvalue weighted by Crippen LogP contribution is 2.28. The molecule has 3 heterocycles. The summed E-state index contributed by atoms with van der Waals surface area (Å²) in [5, 5.41) is 5.42. The first-order valence-electron chi connectivity index (χ1n) is 7.82. The van der Waals surface area contributed by atoms with Crippen LogP contribution in [0.5, 0.6) is 0 Å². The summed E-state index contributed by atoms with van der Waals surface area (Å²) in [4.78, 5) is 23.4. The fourth-order valence-corrected chi connectivity index (χ4v) is 2.56. The molecule has 2 aromatic rings. The summed E-state index contributed by atoms with van der Waals surface area (Å²) in [5.74, 6) is -0.332. The van der Waals surface area contributed by atoms with Crippen LogP contribution in [0.25, 0.3) is 11.3 Å². The van der Waals surface area contributed by atoms with Crippen LogP contribution in [0, 0.1) is 0 Å². The number of halogens is 4. The molecule has 0 radical (unpaired) electrons. The minimum absolute atomic E-state index is 0.0948. The van der Waals surface area contributed by atoms with Gasteiger partial charge in [0.05, 0.1) is 24.0 Å². The minimum Gasteiger partial charge on any atom is -0.349 e. The van der Waals surface area contributed by atoms with E-state index in [0.29, 0.717) is 17.0 Å². The Kier molecular flexibility index (Phi) is 5.12. The van der Waals surface area contributed by atoms with Crippen molar-refractivity contribution in [2.24, 2.45) is 0 Å². The Morgan fingerprint density at radius 1 is 1.27 bits per heavy atom. The van der Waals surface area contributed by atoms with Crippen LogP contribution in [-0.2, 0) is 17.5 Å². The number of pyridine rings is 1. The molecule has 2 N–H and O–H groups in total. The number of rotatable bonds is 4. The molecule has 2 atom stereocenters. The summed E-state index contributed by atoms with van der Waals surface area (Å²) in [6.07, 6.45) is -3.09. The lowest BCUT2D eigenvalue weighted by molar-refractivity contribution is -0.141. The highest BCUT2D eigenvalue weighted by molar-refractivity contribution is 5.82. The Labute approximate surface area is 146 Å². The van der Waals surface area contributed by atoms with Gasteiger partial charge in [-0.15, -0.1) is 0 Å². The van der Waals surface area contributed by atoms with Crippen molar-refractivity contribution in [3.8, 4) is 11.3 Å². The minimum atomic E-state index is -4.51. The van der Waals surface area contributed by atoms with E-state index in [1.165, 1.54) is 12.4 Å². The normalized spacial score (nSPS) is 20.2. The van der Waals surface area contributed by atoms with Crippen LogP contribution in [0.2, 0.25) is 0 Å². The third-order valence-corrected chi connectivity index (χ3v) is 3.91. The lowest BCUT2D eigenvalue weighted by Crippen LogP contribution is -2.40. The Bertz CT molecular complexity index is 781. The molecule has 1 aliphatic heterocycles. The van der Waals surface area contributed by atoms with Gasteiger partial charge < -0.3 is 10.6 Å². The van der Waals surface area contributed by atoms with Crippen LogP contribution in [0.15, 0.2) is 30.7 Å². The first-order valence-corrected chi connectivity index (χ1v) is 7.82. The summed E-state index contributed by atoms with van der Waals surface area (Å²) < 4.78 is 50.8. The van der Waals surface area contributed by atoms with E-state index in [1.54, 1.807) is 6.07 Å². The van der Waals surface area contributed by atoms with Crippen molar-refractivity contribution in [1.29, 1.82) is 0 Å². The second-order valence-corrected chi connectivity index (χ2v) is 5.84. The number of carbonyl (C=O) groups is 1. The van der Waals surface area contributed by atoms with Crippen molar-refractivity contribution in [2.75, 3.05) is 6.54 Å². The molecule has 0 spiro atoms. The Hall–Kier alpha value is -2.62. The standard InChI is InChI=1S/C16H15F4N5O/c17-10-3-13(21-6-10)15(26)23-7-11-4-12(25-8-24-11)9-1-2-14(22-5-9)16(18,19)20/h1-2,4-5,8,10,13,21H,3,6-7H2,(H,23,26)/t10-,13-/m1/s1. The molecule has 10 heteroatoms.